The molecule has 1 saturated carbocycles. The minimum Gasteiger partial charge on any atom is -0.504 e. The van der Waals surface area contributed by atoms with Crippen LogP contribution in [0.15, 0.2) is 115 Å². The van der Waals surface area contributed by atoms with E-state index >= 15 is 0 Å². The highest BCUT2D eigenvalue weighted by Gasteiger charge is 2.68. The van der Waals surface area contributed by atoms with Crippen LogP contribution in [0.2, 0.25) is 0 Å². The molecular weight excluding hydrogens is 630 g/mol. The van der Waals surface area contributed by atoms with Gasteiger partial charge in [0, 0.05) is 22.9 Å². The largest absolute Gasteiger partial charge is 0.504 e. The molecule has 0 unspecified atom stereocenters. The maximum atomic E-state index is 14.6. The van der Waals surface area contributed by atoms with Gasteiger partial charge in [-0.15, -0.1) is 0 Å². The quantitative estimate of drug-likeness (QED) is 0.162. The Balaban J connectivity index is 1.19. The number of ether oxygens (including phenoxy) is 1. The van der Waals surface area contributed by atoms with Gasteiger partial charge in [0.05, 0.1) is 41.2 Å². The van der Waals surface area contributed by atoms with Gasteiger partial charge >= 0.3 is 0 Å². The fourth-order valence-corrected chi connectivity index (χ4v) is 8.86. The van der Waals surface area contributed by atoms with Crippen molar-refractivity contribution in [1.29, 1.82) is 0 Å². The second kappa shape index (κ2) is 12.0. The van der Waals surface area contributed by atoms with E-state index in [-0.39, 0.29) is 41.5 Å². The summed E-state index contributed by atoms with van der Waals surface area (Å²) in [5, 5.41) is 14.9. The predicted octanol–water partition coefficient (Wildman–Crippen LogP) is 6.97. The number of nitrogens with zero attached hydrogens (tertiary/aromatic N) is 2. The fourth-order valence-electron chi connectivity index (χ4n) is 8.86. The molecule has 2 heterocycles. The Labute approximate surface area is 290 Å². The normalized spacial score (nSPS) is 27.1. The molecule has 2 aliphatic carbocycles. The summed E-state index contributed by atoms with van der Waals surface area (Å²) in [6, 6.07) is 31.0. The third-order valence-corrected chi connectivity index (χ3v) is 11.1. The van der Waals surface area contributed by atoms with Crippen molar-refractivity contribution in [2.75, 3.05) is 21.7 Å². The van der Waals surface area contributed by atoms with Crippen LogP contribution in [0.4, 0.5) is 22.7 Å². The number of hydrogen-bond donors (Lipinski definition) is 2. The number of phenols is 1. The van der Waals surface area contributed by atoms with Gasteiger partial charge in [0.2, 0.25) is 23.6 Å². The second-order valence-electron chi connectivity index (χ2n) is 13.7. The molecule has 4 aromatic rings. The number of phenolic OH excluding ortho intramolecular Hbond substituents is 1. The lowest BCUT2D eigenvalue weighted by Gasteiger charge is -2.49. The smallest absolute Gasteiger partial charge is 0.241 e. The van der Waals surface area contributed by atoms with E-state index in [4.69, 9.17) is 4.74 Å². The van der Waals surface area contributed by atoms with Gasteiger partial charge in [-0.25, -0.2) is 4.90 Å². The topological polar surface area (TPSA) is 116 Å². The zero-order valence-corrected chi connectivity index (χ0v) is 27.8. The number of rotatable bonds is 7. The van der Waals surface area contributed by atoms with Crippen molar-refractivity contribution < 1.29 is 29.0 Å². The van der Waals surface area contributed by atoms with Gasteiger partial charge in [-0.3, -0.25) is 24.1 Å². The summed E-state index contributed by atoms with van der Waals surface area (Å²) in [5.74, 6) is -4.46. The first-order valence-corrected chi connectivity index (χ1v) is 17.1. The van der Waals surface area contributed by atoms with Gasteiger partial charge in [0.25, 0.3) is 0 Å². The van der Waals surface area contributed by atoms with Gasteiger partial charge in [-0.1, -0.05) is 60.2 Å². The van der Waals surface area contributed by atoms with Gasteiger partial charge in [0.15, 0.2) is 11.5 Å². The number of nitrogens with one attached hydrogen (secondary N) is 1. The van der Waals surface area contributed by atoms with E-state index in [1.165, 1.54) is 9.80 Å². The van der Waals surface area contributed by atoms with Crippen LogP contribution in [0.5, 0.6) is 11.5 Å². The number of amides is 4. The molecule has 0 spiro atoms. The summed E-state index contributed by atoms with van der Waals surface area (Å²) in [5.41, 5.74) is 2.69. The molecule has 2 aliphatic heterocycles. The van der Waals surface area contributed by atoms with Crippen LogP contribution in [0.3, 0.4) is 0 Å². The molecule has 4 aliphatic rings. The summed E-state index contributed by atoms with van der Waals surface area (Å²) >= 11 is 0. The van der Waals surface area contributed by atoms with E-state index in [0.29, 0.717) is 30.0 Å². The molecule has 2 saturated heterocycles. The average Bonchev–Trinajstić information content (AvgIpc) is 3.50. The standard InChI is InChI=1S/C41H37N3O6/c1-3-50-33-16-10-15-30(36(33)45)35-28-21-22-29-34(31(28)23-32-38(47)44(40(49)41(32,35)2)26-13-8-5-9-14-26)39(48)43(37(29)46)27-19-17-25(18-20-27)42-24-11-6-4-7-12-24/h4-21,29,31-32,34-35,42,45H,3,22-23H2,1-2H3/t29-,31+,32-,34-,35+,41+/m0/s1. The molecule has 6 atom stereocenters. The number of hydrogen-bond acceptors (Lipinski definition) is 7. The Hall–Kier alpha value is -5.70. The molecule has 9 nitrogen and oxygen atoms in total. The molecule has 4 amide bonds. The van der Waals surface area contributed by atoms with E-state index in [1.807, 2.05) is 61.5 Å². The summed E-state index contributed by atoms with van der Waals surface area (Å²) in [7, 11) is 0. The van der Waals surface area contributed by atoms with Gasteiger partial charge in [-0.05, 0) is 87.2 Å². The van der Waals surface area contributed by atoms with Crippen LogP contribution in [-0.2, 0) is 19.2 Å². The number of anilines is 4. The first-order chi connectivity index (χ1) is 24.2. The third-order valence-electron chi connectivity index (χ3n) is 11.1. The number of para-hydroxylation sites is 3. The number of allylic oxidation sites excluding steroid dienone is 2. The summed E-state index contributed by atoms with van der Waals surface area (Å²) in [6.07, 6.45) is 2.51. The maximum Gasteiger partial charge on any atom is 0.241 e. The SMILES string of the molecule is CCOc1cccc([C@H]2C3=CC[C@@H]4C(=O)N(c5ccc(Nc6ccccc6)cc5)C(=O)[C@@H]4[C@@H]3C[C@H]3C(=O)N(c4ccccc4)C(=O)[C@@]23C)c1O. The maximum absolute atomic E-state index is 14.6. The van der Waals surface area contributed by atoms with Crippen LogP contribution in [0, 0.1) is 29.1 Å². The molecule has 0 aromatic heterocycles. The van der Waals surface area contributed by atoms with Crippen molar-refractivity contribution in [2.24, 2.45) is 29.1 Å². The minimum atomic E-state index is -1.27. The van der Waals surface area contributed by atoms with Gasteiger partial charge < -0.3 is 15.2 Å². The average molecular weight is 668 g/mol. The number of carbonyl (C=O) groups is 4. The zero-order chi connectivity index (χ0) is 34.7. The Morgan fingerprint density at radius 2 is 1.42 bits per heavy atom. The zero-order valence-electron chi connectivity index (χ0n) is 27.8. The van der Waals surface area contributed by atoms with E-state index < -0.39 is 35.0 Å². The van der Waals surface area contributed by atoms with E-state index in [2.05, 4.69) is 5.32 Å². The van der Waals surface area contributed by atoms with E-state index in [1.54, 1.807) is 61.5 Å². The monoisotopic (exact) mass is 667 g/mol. The summed E-state index contributed by atoms with van der Waals surface area (Å²) in [6.45, 7) is 3.95. The molecule has 4 aromatic carbocycles. The van der Waals surface area contributed by atoms with Crippen molar-refractivity contribution in [3.63, 3.8) is 0 Å². The lowest BCUT2D eigenvalue weighted by atomic mass is 9.51. The van der Waals surface area contributed by atoms with E-state index in [0.717, 1.165) is 16.9 Å². The Kier molecular flexibility index (Phi) is 7.58. The number of imide groups is 2. The fraction of sp³-hybridized carbons (Fsp3) is 0.268. The molecular formula is C41H37N3O6. The highest BCUT2D eigenvalue weighted by atomic mass is 16.5. The van der Waals surface area contributed by atoms with Gasteiger partial charge in [0.1, 0.15) is 0 Å². The molecule has 9 heteroatoms. The number of carbonyl (C=O) groups excluding carboxylic acids is 4. The number of fused-ring (bicyclic) bond motifs is 4. The summed E-state index contributed by atoms with van der Waals surface area (Å²) in [4.78, 5) is 60.0. The van der Waals surface area contributed by atoms with Gasteiger partial charge in [-0.2, -0.15) is 0 Å². The van der Waals surface area contributed by atoms with Crippen LogP contribution < -0.4 is 19.9 Å². The Morgan fingerprint density at radius 1 is 0.760 bits per heavy atom. The van der Waals surface area contributed by atoms with Crippen LogP contribution in [0.1, 0.15) is 38.2 Å². The molecule has 3 fully saturated rings. The Morgan fingerprint density at radius 3 is 2.12 bits per heavy atom. The second-order valence-corrected chi connectivity index (χ2v) is 13.7. The minimum absolute atomic E-state index is 0.0962. The number of benzene rings is 4. The lowest BCUT2D eigenvalue weighted by Crippen LogP contribution is -2.48. The molecule has 8 rings (SSSR count). The highest BCUT2D eigenvalue weighted by Crippen LogP contribution is 2.65. The predicted molar refractivity (Wildman–Crippen MR) is 189 cm³/mol. The first kappa shape index (κ1) is 31.6. The molecule has 2 N–H and O–H groups in total. The van der Waals surface area contributed by atoms with Crippen molar-refractivity contribution in [2.45, 2.75) is 32.6 Å². The first-order valence-electron chi connectivity index (χ1n) is 17.1. The lowest BCUT2D eigenvalue weighted by molar-refractivity contribution is -0.131. The molecule has 50 heavy (non-hydrogen) atoms. The molecule has 0 bridgehead atoms. The highest BCUT2D eigenvalue weighted by molar-refractivity contribution is 6.25. The molecule has 0 radical (unpaired) electrons. The van der Waals surface area contributed by atoms with E-state index in [9.17, 15) is 24.3 Å². The Bertz CT molecular complexity index is 2050. The van der Waals surface area contributed by atoms with Crippen molar-refractivity contribution in [3.8, 4) is 11.5 Å². The van der Waals surface area contributed by atoms with Crippen molar-refractivity contribution in [1.82, 2.24) is 0 Å². The number of aromatic hydroxyl groups is 1. The van der Waals surface area contributed by atoms with Crippen LogP contribution in [0.25, 0.3) is 0 Å². The molecule has 252 valence electrons. The van der Waals surface area contributed by atoms with Crippen molar-refractivity contribution >= 4 is 46.4 Å². The van der Waals surface area contributed by atoms with Crippen LogP contribution in [-0.4, -0.2) is 35.3 Å². The van der Waals surface area contributed by atoms with Crippen LogP contribution >= 0.6 is 0 Å². The van der Waals surface area contributed by atoms with Crippen molar-refractivity contribution in [3.05, 3.63) is 120 Å². The summed E-state index contributed by atoms with van der Waals surface area (Å²) < 4.78 is 5.75. The third kappa shape index (κ3) is 4.67.